The Morgan fingerprint density at radius 3 is 1.52 bits per heavy atom. The van der Waals surface area contributed by atoms with Gasteiger partial charge < -0.3 is 0 Å². The number of unbranched alkanes of at least 4 members (excludes halogenated alkanes) is 6. The van der Waals surface area contributed by atoms with Crippen LogP contribution in [0.15, 0.2) is 48.5 Å². The quantitative estimate of drug-likeness (QED) is 0.199. The molecular formula is C24H38O3Sn2. The topological polar surface area (TPSA) is 27.7 Å². The normalized spacial score (nSPS) is 11.1. The Hall–Kier alpha value is -0.403. The standard InChI is InChI=1S/2C12H18O.O.2Sn.4H/c2*1-2-3-4-5-8-11-9-6-7-10-12(11)13;;;;;;;/h2*6-7,9-10,13H,2-5,8H2,1H3;;;;;;;/q;;;;+2;;;;/p-2. The van der Waals surface area contributed by atoms with Crippen LogP contribution in [0.5, 0.6) is 11.5 Å². The number of aryl methyl sites for hydroxylation is 2. The molecule has 2 aromatic carbocycles. The van der Waals surface area contributed by atoms with Crippen molar-refractivity contribution >= 4 is 43.9 Å². The molecule has 0 radical (unpaired) electrons. The average molecular weight is 612 g/mol. The summed E-state index contributed by atoms with van der Waals surface area (Å²) in [6.07, 6.45) is 12.2. The Balaban J connectivity index is 1.99. The van der Waals surface area contributed by atoms with E-state index in [9.17, 15) is 0 Å². The zero-order valence-corrected chi connectivity index (χ0v) is 27.5. The van der Waals surface area contributed by atoms with E-state index in [2.05, 4.69) is 62.4 Å². The molecule has 0 unspecified atom stereocenters. The molecule has 0 amide bonds. The second-order valence-corrected chi connectivity index (χ2v) is 21.0. The van der Waals surface area contributed by atoms with Crippen LogP contribution in [0.4, 0.5) is 0 Å². The summed E-state index contributed by atoms with van der Waals surface area (Å²) < 4.78 is 18.7. The van der Waals surface area contributed by atoms with Gasteiger partial charge in [-0.25, -0.2) is 0 Å². The summed E-state index contributed by atoms with van der Waals surface area (Å²) in [6.45, 7) is 4.50. The van der Waals surface area contributed by atoms with Gasteiger partial charge in [0.1, 0.15) is 0 Å². The van der Waals surface area contributed by atoms with Gasteiger partial charge in [-0.05, 0) is 0 Å². The Labute approximate surface area is 199 Å². The number of hydrogen-bond donors (Lipinski definition) is 0. The molecule has 0 atom stereocenters. The Morgan fingerprint density at radius 1 is 0.655 bits per heavy atom. The fraction of sp³-hybridized carbons (Fsp3) is 0.500. The summed E-state index contributed by atoms with van der Waals surface area (Å²) in [4.78, 5) is 0. The van der Waals surface area contributed by atoms with Crippen LogP contribution in [-0.2, 0) is 14.3 Å². The van der Waals surface area contributed by atoms with Gasteiger partial charge in [0.2, 0.25) is 0 Å². The van der Waals surface area contributed by atoms with Crippen molar-refractivity contribution in [1.82, 2.24) is 0 Å². The van der Waals surface area contributed by atoms with Gasteiger partial charge in [-0.2, -0.15) is 0 Å². The summed E-state index contributed by atoms with van der Waals surface area (Å²) in [5.41, 5.74) is 2.57. The van der Waals surface area contributed by atoms with Crippen LogP contribution in [0, 0.1) is 0 Å². The summed E-state index contributed by atoms with van der Waals surface area (Å²) in [6, 6.07) is 16.8. The van der Waals surface area contributed by atoms with Crippen molar-refractivity contribution in [3.05, 3.63) is 59.7 Å². The van der Waals surface area contributed by atoms with Crippen molar-refractivity contribution < 1.29 is 7.56 Å². The second-order valence-electron chi connectivity index (χ2n) is 7.60. The first kappa shape index (κ1) is 24.9. The first-order chi connectivity index (χ1) is 14.3. The van der Waals surface area contributed by atoms with Gasteiger partial charge in [-0.1, -0.05) is 0 Å². The van der Waals surface area contributed by atoms with E-state index in [1.54, 1.807) is 0 Å². The minimum atomic E-state index is -3.02. The van der Waals surface area contributed by atoms with E-state index >= 15 is 0 Å². The van der Waals surface area contributed by atoms with E-state index in [-0.39, 0.29) is 22.9 Å². The molecule has 29 heavy (non-hydrogen) atoms. The summed E-state index contributed by atoms with van der Waals surface area (Å²) in [5.74, 6) is 1.94. The molecule has 0 saturated carbocycles. The molecule has 0 aliphatic rings. The third kappa shape index (κ3) is 9.51. The predicted octanol–water partition coefficient (Wildman–Crippen LogP) is 5.40. The molecule has 5 heteroatoms. The van der Waals surface area contributed by atoms with E-state index in [1.165, 1.54) is 62.5 Å². The summed E-state index contributed by atoms with van der Waals surface area (Å²) >= 11 is -2.93. The van der Waals surface area contributed by atoms with Crippen LogP contribution in [0.3, 0.4) is 0 Å². The second kappa shape index (κ2) is 15.4. The molecule has 3 nitrogen and oxygen atoms in total. The van der Waals surface area contributed by atoms with Gasteiger partial charge in [0, 0.05) is 0 Å². The van der Waals surface area contributed by atoms with E-state index in [0.29, 0.717) is 0 Å². The molecule has 0 bridgehead atoms. The Bertz CT molecular complexity index is 636. The zero-order chi connectivity index (χ0) is 20.7. The van der Waals surface area contributed by atoms with Crippen molar-refractivity contribution in [2.75, 3.05) is 0 Å². The maximum atomic E-state index is 6.37. The van der Waals surface area contributed by atoms with Crippen molar-refractivity contribution in [3.8, 4) is 11.5 Å². The molecule has 2 rings (SSSR count). The molecule has 0 aliphatic carbocycles. The molecule has 0 heterocycles. The fourth-order valence-electron chi connectivity index (χ4n) is 3.46. The molecule has 0 saturated heterocycles. The zero-order valence-electron chi connectivity index (χ0n) is 18.5. The van der Waals surface area contributed by atoms with Crippen LogP contribution < -0.4 is 6.15 Å². The first-order valence-electron chi connectivity index (χ1n) is 11.3. The molecule has 160 valence electrons. The van der Waals surface area contributed by atoms with Gasteiger partial charge in [-0.3, -0.25) is 0 Å². The third-order valence-corrected chi connectivity index (χ3v) is 16.2. The van der Waals surface area contributed by atoms with E-state index in [1.807, 2.05) is 0 Å². The van der Waals surface area contributed by atoms with Crippen LogP contribution >= 0.6 is 0 Å². The van der Waals surface area contributed by atoms with E-state index in [0.717, 1.165) is 24.3 Å². The third-order valence-electron chi connectivity index (χ3n) is 5.18. The average Bonchev–Trinajstić information content (AvgIpc) is 2.75. The van der Waals surface area contributed by atoms with Gasteiger partial charge in [0.25, 0.3) is 0 Å². The summed E-state index contributed by atoms with van der Waals surface area (Å²) in [7, 11) is 0. The SMILES string of the molecule is CCCCCCc1ccccc1[O][SnH]([O][SnH3])[O]c1ccccc1CCCCCC. The maximum absolute atomic E-state index is 6.37. The van der Waals surface area contributed by atoms with Crippen LogP contribution in [0.1, 0.15) is 76.3 Å². The molecule has 0 spiro atoms. The number of hydrogen-bond acceptors (Lipinski definition) is 3. The Kier molecular flexibility index (Phi) is 13.2. The van der Waals surface area contributed by atoms with Gasteiger partial charge in [0.05, 0.1) is 0 Å². The predicted molar refractivity (Wildman–Crippen MR) is 128 cm³/mol. The van der Waals surface area contributed by atoms with Crippen LogP contribution in [0.2, 0.25) is 0 Å². The first-order valence-corrected chi connectivity index (χ1v) is 17.7. The van der Waals surface area contributed by atoms with Crippen molar-refractivity contribution in [3.63, 3.8) is 0 Å². The fourth-order valence-corrected chi connectivity index (χ4v) is 10.3. The number of rotatable bonds is 15. The van der Waals surface area contributed by atoms with Crippen molar-refractivity contribution in [2.24, 2.45) is 0 Å². The molecule has 0 fully saturated rings. The van der Waals surface area contributed by atoms with Crippen LogP contribution in [-0.4, -0.2) is 43.9 Å². The van der Waals surface area contributed by atoms with E-state index in [4.69, 9.17) is 7.56 Å². The van der Waals surface area contributed by atoms with Crippen molar-refractivity contribution in [1.29, 1.82) is 0 Å². The Morgan fingerprint density at radius 2 is 1.10 bits per heavy atom. The number of benzene rings is 2. The van der Waals surface area contributed by atoms with Crippen molar-refractivity contribution in [2.45, 2.75) is 78.1 Å². The molecule has 0 aliphatic heterocycles. The molecule has 0 aromatic heterocycles. The number of para-hydroxylation sites is 2. The van der Waals surface area contributed by atoms with Gasteiger partial charge in [-0.15, -0.1) is 0 Å². The monoisotopic (exact) mass is 614 g/mol. The molecular weight excluding hydrogens is 574 g/mol. The summed E-state index contributed by atoms with van der Waals surface area (Å²) in [5, 5.41) is 0. The molecule has 0 N–H and O–H groups in total. The van der Waals surface area contributed by atoms with Crippen LogP contribution in [0.25, 0.3) is 0 Å². The minimum absolute atomic E-state index is 0.0894. The molecule has 2 aromatic rings. The van der Waals surface area contributed by atoms with Gasteiger partial charge in [0.15, 0.2) is 0 Å². The van der Waals surface area contributed by atoms with E-state index < -0.39 is 21.0 Å². The van der Waals surface area contributed by atoms with Gasteiger partial charge >= 0.3 is 201 Å².